The molecule has 63 heavy (non-hydrogen) atoms. The van der Waals surface area contributed by atoms with E-state index in [2.05, 4.69) is 51.1 Å². The monoisotopic (exact) mass is 893 g/mol. The molecule has 2 aromatic rings. The zero-order valence-electron chi connectivity index (χ0n) is 39.9. The van der Waals surface area contributed by atoms with Crippen molar-refractivity contribution < 1.29 is 52.3 Å². The fraction of sp³-hybridized carbons (Fsp3) is 0.667. The van der Waals surface area contributed by atoms with Gasteiger partial charge in [0.2, 0.25) is 0 Å². The molecule has 3 aliphatic rings. The van der Waals surface area contributed by atoms with Gasteiger partial charge in [-0.05, 0) is 88.7 Å². The highest BCUT2D eigenvalue weighted by molar-refractivity contribution is 6.99. The van der Waals surface area contributed by atoms with Gasteiger partial charge in [0.1, 0.15) is 11.9 Å². The van der Waals surface area contributed by atoms with Crippen molar-refractivity contribution in [3.8, 4) is 0 Å². The van der Waals surface area contributed by atoms with Gasteiger partial charge < -0.3 is 38.0 Å². The number of aliphatic hydroxyl groups excluding tert-OH is 1. The van der Waals surface area contributed by atoms with Crippen LogP contribution in [0.15, 0.2) is 72.8 Å². The van der Waals surface area contributed by atoms with E-state index in [4.69, 9.17) is 32.8 Å². The van der Waals surface area contributed by atoms with Gasteiger partial charge in [0.15, 0.2) is 11.9 Å². The van der Waals surface area contributed by atoms with Crippen LogP contribution in [-0.4, -0.2) is 100.0 Å². The van der Waals surface area contributed by atoms with Crippen molar-refractivity contribution in [1.29, 1.82) is 0 Å². The van der Waals surface area contributed by atoms with Gasteiger partial charge in [-0.15, -0.1) is 0 Å². The molecule has 0 aliphatic carbocycles. The van der Waals surface area contributed by atoms with Crippen molar-refractivity contribution in [3.63, 3.8) is 0 Å². The second-order valence-electron chi connectivity index (χ2n) is 21.1. The molecule has 12 heteroatoms. The molecule has 0 radical (unpaired) electrons. The van der Waals surface area contributed by atoms with Crippen LogP contribution in [-0.2, 0) is 47.2 Å². The number of Topliss-reactive ketones (excluding diaryl/α,β-unsaturated/α-hetero) is 1. The minimum Gasteiger partial charge on any atom is -0.465 e. The maximum Gasteiger partial charge on any atom is 0.311 e. The molecule has 3 heterocycles. The summed E-state index contributed by atoms with van der Waals surface area (Å²) in [4.78, 5) is 39.3. The average molecular weight is 893 g/mol. The molecule has 0 unspecified atom stereocenters. The van der Waals surface area contributed by atoms with E-state index >= 15 is 0 Å². The number of hydrogen-bond donors (Lipinski definition) is 1. The normalized spacial score (nSPS) is 26.8. The third kappa shape index (κ3) is 13.2. The van der Waals surface area contributed by atoms with E-state index in [0.29, 0.717) is 19.3 Å². The fourth-order valence-electron chi connectivity index (χ4n) is 9.01. The number of methoxy groups -OCH3 is 1. The number of ether oxygens (including phenoxy) is 6. The highest BCUT2D eigenvalue weighted by Crippen LogP contribution is 2.42. The fourth-order valence-corrected chi connectivity index (χ4v) is 13.6. The van der Waals surface area contributed by atoms with Crippen LogP contribution < -0.4 is 10.4 Å². The summed E-state index contributed by atoms with van der Waals surface area (Å²) in [6.07, 6.45) is 4.83. The molecule has 5 rings (SSSR count). The molecule has 1 N–H and O–H groups in total. The van der Waals surface area contributed by atoms with Crippen molar-refractivity contribution in [2.75, 3.05) is 20.3 Å². The number of rotatable bonds is 17. The zero-order chi connectivity index (χ0) is 46.2. The van der Waals surface area contributed by atoms with Crippen molar-refractivity contribution in [2.24, 2.45) is 16.7 Å². The van der Waals surface area contributed by atoms with E-state index < -0.39 is 55.5 Å². The molecule has 2 aromatic carbocycles. The van der Waals surface area contributed by atoms with Crippen LogP contribution in [0, 0.1) is 16.7 Å². The summed E-state index contributed by atoms with van der Waals surface area (Å²) in [7, 11) is -1.41. The van der Waals surface area contributed by atoms with Gasteiger partial charge in [-0.3, -0.25) is 14.4 Å². The Morgan fingerprint density at radius 2 is 1.44 bits per heavy atom. The van der Waals surface area contributed by atoms with Crippen molar-refractivity contribution in [1.82, 2.24) is 0 Å². The molecule has 3 aliphatic heterocycles. The summed E-state index contributed by atoms with van der Waals surface area (Å²) in [6.45, 7) is 20.0. The number of hydrogen-bond acceptors (Lipinski definition) is 11. The summed E-state index contributed by atoms with van der Waals surface area (Å²) < 4.78 is 45.4. The largest absolute Gasteiger partial charge is 0.465 e. The lowest BCUT2D eigenvalue weighted by Gasteiger charge is -2.49. The van der Waals surface area contributed by atoms with Gasteiger partial charge in [0, 0.05) is 45.1 Å². The predicted molar refractivity (Wildman–Crippen MR) is 246 cm³/mol. The molecule has 11 nitrogen and oxygen atoms in total. The highest BCUT2D eigenvalue weighted by Gasteiger charge is 2.53. The predicted octanol–water partition coefficient (Wildman–Crippen LogP) is 8.02. The molecule has 0 aromatic heterocycles. The highest BCUT2D eigenvalue weighted by atomic mass is 28.4. The summed E-state index contributed by atoms with van der Waals surface area (Å²) >= 11 is 0. The third-order valence-corrected chi connectivity index (χ3v) is 17.6. The number of ketones is 1. The summed E-state index contributed by atoms with van der Waals surface area (Å²) in [5, 5.41) is 13.2. The average Bonchev–Trinajstić information content (AvgIpc) is 3.21. The Balaban J connectivity index is 1.29. The van der Waals surface area contributed by atoms with E-state index in [1.807, 2.05) is 90.9 Å². The molecular weight excluding hydrogens is 817 g/mol. The third-order valence-electron chi connectivity index (χ3n) is 12.6. The Hall–Kier alpha value is -3.23. The number of benzene rings is 2. The maximum atomic E-state index is 13.8. The van der Waals surface area contributed by atoms with E-state index in [1.165, 1.54) is 0 Å². The quantitative estimate of drug-likeness (QED) is 0.0940. The van der Waals surface area contributed by atoms with Crippen LogP contribution in [0.2, 0.25) is 5.04 Å². The lowest BCUT2D eigenvalue weighted by molar-refractivity contribution is -0.316. The SMILES string of the molecule is CO[C@H]1CC[C@]2(C=C[C@H](C)[C@@H](C[C@@H](O)CC(=O)C[C@@H]3CCC[C@H](CCOC(=O)C(C)(C)C)O3)O2)O[C@@H]1[C@H](CO[Si](c1ccccc1)(c1ccccc1)C(C)(C)C)OC(=O)C(C)(C)C. The molecule has 0 saturated carbocycles. The first-order chi connectivity index (χ1) is 29.6. The second-order valence-corrected chi connectivity index (χ2v) is 25.4. The minimum absolute atomic E-state index is 0.0172. The van der Waals surface area contributed by atoms with Crippen LogP contribution in [0.5, 0.6) is 0 Å². The summed E-state index contributed by atoms with van der Waals surface area (Å²) in [5.74, 6) is -1.94. The molecular formula is C51H76O11Si. The first-order valence-electron chi connectivity index (χ1n) is 23.1. The maximum absolute atomic E-state index is 13.8. The van der Waals surface area contributed by atoms with Crippen LogP contribution in [0.4, 0.5) is 0 Å². The van der Waals surface area contributed by atoms with Gasteiger partial charge in [0.05, 0.1) is 54.6 Å². The van der Waals surface area contributed by atoms with Gasteiger partial charge in [0.25, 0.3) is 8.32 Å². The van der Waals surface area contributed by atoms with Crippen molar-refractivity contribution in [2.45, 2.75) is 181 Å². The Kier molecular flexibility index (Phi) is 17.2. The van der Waals surface area contributed by atoms with Gasteiger partial charge >= 0.3 is 11.9 Å². The molecule has 9 atom stereocenters. The molecule has 2 saturated heterocycles. The van der Waals surface area contributed by atoms with Gasteiger partial charge in [-0.1, -0.05) is 94.4 Å². The van der Waals surface area contributed by atoms with E-state index in [0.717, 1.165) is 29.6 Å². The molecule has 1 spiro atoms. The van der Waals surface area contributed by atoms with Crippen LogP contribution in [0.1, 0.15) is 127 Å². The molecule has 350 valence electrons. The number of esters is 2. The lowest BCUT2D eigenvalue weighted by atomic mass is 9.88. The zero-order valence-corrected chi connectivity index (χ0v) is 40.9. The van der Waals surface area contributed by atoms with Crippen molar-refractivity contribution in [3.05, 3.63) is 72.8 Å². The first kappa shape index (κ1) is 50.8. The lowest BCUT2D eigenvalue weighted by Crippen LogP contribution is -2.68. The minimum atomic E-state index is -3.05. The Morgan fingerprint density at radius 1 is 0.841 bits per heavy atom. The van der Waals surface area contributed by atoms with E-state index in [1.54, 1.807) is 7.11 Å². The van der Waals surface area contributed by atoms with Crippen molar-refractivity contribution >= 4 is 36.4 Å². The Labute approximate surface area is 378 Å². The topological polar surface area (TPSA) is 136 Å². The Bertz CT molecular complexity index is 1770. The Morgan fingerprint density at radius 3 is 2.02 bits per heavy atom. The van der Waals surface area contributed by atoms with E-state index in [-0.39, 0.29) is 73.4 Å². The number of aliphatic hydroxyl groups is 1. The summed E-state index contributed by atoms with van der Waals surface area (Å²) in [5.41, 5.74) is -1.36. The smallest absolute Gasteiger partial charge is 0.311 e. The molecule has 2 fully saturated rings. The first-order valence-corrected chi connectivity index (χ1v) is 25.0. The van der Waals surface area contributed by atoms with Crippen LogP contribution in [0.3, 0.4) is 0 Å². The summed E-state index contributed by atoms with van der Waals surface area (Å²) in [6, 6.07) is 20.7. The standard InChI is InChI=1S/C51H76O11Si/c1-35-25-28-51(61-43(35)33-37(53)31-36(52)32-39-20-18-19-38(59-39)27-30-57-46(54)48(2,3)4)29-26-42(56-11)45(62-51)44(60-47(55)49(5,6)7)34-58-63(50(8,9)10,40-21-14-12-15-22-40)41-23-16-13-17-24-41/h12-17,21-25,28,35,37-39,42-45,53H,18-20,26-27,29-34H2,1-11H3/t35-,37-,38+,39-,42-,43+,44-,45-,51-/m0/s1. The number of carbonyl (C=O) groups is 3. The molecule has 0 amide bonds. The number of carbonyl (C=O) groups excluding carboxylic acids is 3. The van der Waals surface area contributed by atoms with Crippen LogP contribution >= 0.6 is 0 Å². The van der Waals surface area contributed by atoms with Gasteiger partial charge in [-0.25, -0.2) is 0 Å². The van der Waals surface area contributed by atoms with Crippen LogP contribution in [0.25, 0.3) is 0 Å². The van der Waals surface area contributed by atoms with Gasteiger partial charge in [-0.2, -0.15) is 0 Å². The molecule has 0 bridgehead atoms. The van der Waals surface area contributed by atoms with E-state index in [9.17, 15) is 19.5 Å². The second kappa shape index (κ2) is 21.4.